The van der Waals surface area contributed by atoms with Gasteiger partial charge in [0.2, 0.25) is 17.7 Å². The topological polar surface area (TPSA) is 81.8 Å². The van der Waals surface area contributed by atoms with Gasteiger partial charge < -0.3 is 20.4 Å². The van der Waals surface area contributed by atoms with Crippen molar-refractivity contribution in [2.75, 3.05) is 46.8 Å². The second-order valence-electron chi connectivity index (χ2n) is 13.6. The second kappa shape index (κ2) is 35.2. The summed E-state index contributed by atoms with van der Waals surface area (Å²) in [7, 11) is 4.10. The largest absolute Gasteiger partial charge is 0.353 e. The fourth-order valence-corrected chi connectivity index (χ4v) is 5.61. The highest BCUT2D eigenvalue weighted by atomic mass is 16.2. The van der Waals surface area contributed by atoms with Gasteiger partial charge in [-0.15, -0.1) is 0 Å². The first-order valence-corrected chi connectivity index (χ1v) is 19.7. The molecule has 0 bridgehead atoms. The van der Waals surface area contributed by atoms with E-state index in [4.69, 9.17) is 0 Å². The lowest BCUT2D eigenvalue weighted by Gasteiger charge is -2.23. The van der Waals surface area contributed by atoms with Gasteiger partial charge in [-0.1, -0.05) is 115 Å². The van der Waals surface area contributed by atoms with Gasteiger partial charge in [0.15, 0.2) is 0 Å². The van der Waals surface area contributed by atoms with Crippen LogP contribution in [0.3, 0.4) is 0 Å². The Morgan fingerprint density at radius 3 is 1.34 bits per heavy atom. The highest BCUT2D eigenvalue weighted by molar-refractivity contribution is 5.76. The number of rotatable bonds is 34. The van der Waals surface area contributed by atoms with Crippen LogP contribution in [0.15, 0.2) is 24.3 Å². The number of nitrogens with zero attached hydrogens (tertiary/aromatic N) is 2. The highest BCUT2D eigenvalue weighted by Gasteiger charge is 2.13. The van der Waals surface area contributed by atoms with Gasteiger partial charge >= 0.3 is 0 Å². The van der Waals surface area contributed by atoms with Gasteiger partial charge in [0.25, 0.3) is 0 Å². The molecule has 0 unspecified atom stereocenters. The molecule has 0 fully saturated rings. The van der Waals surface area contributed by atoms with Crippen LogP contribution in [0, 0.1) is 0 Å². The third kappa shape index (κ3) is 33.5. The van der Waals surface area contributed by atoms with Crippen molar-refractivity contribution in [1.29, 1.82) is 0 Å². The smallest absolute Gasteiger partial charge is 0.222 e. The molecule has 7 heteroatoms. The van der Waals surface area contributed by atoms with Crippen LogP contribution in [-0.2, 0) is 14.4 Å². The Labute approximate surface area is 291 Å². The summed E-state index contributed by atoms with van der Waals surface area (Å²) in [5.41, 5.74) is 0. The van der Waals surface area contributed by atoms with E-state index >= 15 is 0 Å². The minimum Gasteiger partial charge on any atom is -0.353 e. The van der Waals surface area contributed by atoms with Gasteiger partial charge in [-0.25, -0.2) is 0 Å². The standard InChI is InChI=1S/C40H76N4O3/c1-5-7-9-11-13-19-25-33-41-38(45)30-23-17-15-21-27-36-44(40(47)32-29-35-43(3)4)37-28-22-16-18-24-31-39(46)42-34-26-20-14-12-10-8-6-2/h19-20,25-26H,5-18,21-24,27-37H2,1-4H3,(H,41,45)(H,42,46)/b25-19-,26-20-. The van der Waals surface area contributed by atoms with Gasteiger partial charge in [0, 0.05) is 45.4 Å². The predicted octanol–water partition coefficient (Wildman–Crippen LogP) is 9.12. The van der Waals surface area contributed by atoms with E-state index in [0.29, 0.717) is 32.4 Å². The summed E-state index contributed by atoms with van der Waals surface area (Å²) >= 11 is 0. The molecule has 0 spiro atoms. The van der Waals surface area contributed by atoms with Crippen molar-refractivity contribution in [1.82, 2.24) is 20.4 Å². The number of carbonyl (C=O) groups is 3. The molecule has 0 atom stereocenters. The fourth-order valence-electron chi connectivity index (χ4n) is 5.61. The molecule has 0 aromatic heterocycles. The molecule has 0 aliphatic heterocycles. The number of nitrogens with one attached hydrogen (secondary N) is 2. The highest BCUT2D eigenvalue weighted by Crippen LogP contribution is 2.11. The van der Waals surface area contributed by atoms with Crippen molar-refractivity contribution < 1.29 is 14.4 Å². The molecule has 0 aliphatic rings. The van der Waals surface area contributed by atoms with Crippen molar-refractivity contribution in [3.05, 3.63) is 24.3 Å². The zero-order chi connectivity index (χ0) is 34.6. The Balaban J connectivity index is 4.07. The van der Waals surface area contributed by atoms with Crippen LogP contribution >= 0.6 is 0 Å². The van der Waals surface area contributed by atoms with Crippen molar-refractivity contribution in [3.63, 3.8) is 0 Å². The van der Waals surface area contributed by atoms with Crippen LogP contribution in [0.2, 0.25) is 0 Å². The summed E-state index contributed by atoms with van der Waals surface area (Å²) in [6, 6.07) is 0. The van der Waals surface area contributed by atoms with E-state index in [0.717, 1.165) is 103 Å². The van der Waals surface area contributed by atoms with E-state index < -0.39 is 0 Å². The summed E-state index contributed by atoms with van der Waals surface area (Å²) in [5, 5.41) is 6.00. The zero-order valence-corrected chi connectivity index (χ0v) is 31.4. The molecule has 47 heavy (non-hydrogen) atoms. The number of amides is 3. The average Bonchev–Trinajstić information content (AvgIpc) is 3.05. The van der Waals surface area contributed by atoms with Gasteiger partial charge in [-0.05, 0) is 78.4 Å². The summed E-state index contributed by atoms with van der Waals surface area (Å²) in [4.78, 5) is 41.4. The lowest BCUT2D eigenvalue weighted by molar-refractivity contribution is -0.131. The minimum atomic E-state index is 0.148. The molecular weight excluding hydrogens is 584 g/mol. The van der Waals surface area contributed by atoms with Gasteiger partial charge in [0.05, 0.1) is 0 Å². The van der Waals surface area contributed by atoms with E-state index in [1.54, 1.807) is 0 Å². The molecule has 0 aromatic carbocycles. The zero-order valence-electron chi connectivity index (χ0n) is 31.4. The Kier molecular flexibility index (Phi) is 33.6. The Hall–Kier alpha value is -2.15. The molecule has 0 heterocycles. The maximum absolute atomic E-state index is 13.0. The van der Waals surface area contributed by atoms with Crippen LogP contribution in [0.5, 0.6) is 0 Å². The third-order valence-electron chi connectivity index (χ3n) is 8.63. The van der Waals surface area contributed by atoms with Crippen molar-refractivity contribution in [3.8, 4) is 0 Å². The van der Waals surface area contributed by atoms with E-state index in [1.165, 1.54) is 51.4 Å². The molecule has 7 nitrogen and oxygen atoms in total. The molecule has 0 radical (unpaired) electrons. The Bertz CT molecular complexity index is 744. The molecule has 0 aromatic rings. The van der Waals surface area contributed by atoms with Crippen LogP contribution in [0.4, 0.5) is 0 Å². The van der Waals surface area contributed by atoms with Gasteiger partial charge in [-0.3, -0.25) is 14.4 Å². The van der Waals surface area contributed by atoms with E-state index in [1.807, 2.05) is 0 Å². The van der Waals surface area contributed by atoms with Crippen molar-refractivity contribution >= 4 is 17.7 Å². The normalized spacial score (nSPS) is 11.6. The van der Waals surface area contributed by atoms with E-state index in [-0.39, 0.29) is 17.7 Å². The van der Waals surface area contributed by atoms with Crippen LogP contribution < -0.4 is 10.6 Å². The van der Waals surface area contributed by atoms with Crippen LogP contribution in [-0.4, -0.2) is 74.3 Å². The summed E-state index contributed by atoms with van der Waals surface area (Å²) in [6.07, 6.45) is 34.1. The lowest BCUT2D eigenvalue weighted by atomic mass is 10.1. The SMILES string of the molecule is CCCCCC/C=C\CNC(=O)CCCCCCCN(CCCCCCCC(=O)NC/C=C\CCCCCC)C(=O)CCCN(C)C. The molecule has 0 rings (SSSR count). The quantitative estimate of drug-likeness (QED) is 0.0533. The summed E-state index contributed by atoms with van der Waals surface area (Å²) in [6.45, 7) is 8.33. The molecule has 2 N–H and O–H groups in total. The molecule has 0 saturated carbocycles. The molecule has 0 saturated heterocycles. The monoisotopic (exact) mass is 661 g/mol. The summed E-state index contributed by atoms with van der Waals surface area (Å²) in [5.74, 6) is 0.578. The summed E-state index contributed by atoms with van der Waals surface area (Å²) < 4.78 is 0. The first-order chi connectivity index (χ1) is 22.9. The molecule has 3 amide bonds. The number of unbranched alkanes of at least 4 members (excludes halogenated alkanes) is 16. The minimum absolute atomic E-state index is 0.148. The van der Waals surface area contributed by atoms with E-state index in [2.05, 4.69) is 72.7 Å². The average molecular weight is 661 g/mol. The van der Waals surface area contributed by atoms with Gasteiger partial charge in [-0.2, -0.15) is 0 Å². The van der Waals surface area contributed by atoms with Gasteiger partial charge in [0.1, 0.15) is 0 Å². The molecule has 274 valence electrons. The number of hydrogen-bond donors (Lipinski definition) is 2. The number of hydrogen-bond acceptors (Lipinski definition) is 4. The Morgan fingerprint density at radius 2 is 0.894 bits per heavy atom. The number of allylic oxidation sites excluding steroid dienone is 2. The Morgan fingerprint density at radius 1 is 0.468 bits per heavy atom. The van der Waals surface area contributed by atoms with Crippen molar-refractivity contribution in [2.45, 2.75) is 168 Å². The first-order valence-electron chi connectivity index (χ1n) is 19.7. The van der Waals surface area contributed by atoms with Crippen LogP contribution in [0.1, 0.15) is 168 Å². The fraction of sp³-hybridized carbons (Fsp3) is 0.825. The number of carbonyl (C=O) groups excluding carboxylic acids is 3. The maximum atomic E-state index is 13.0. The molecule has 0 aliphatic carbocycles. The molecular formula is C40H76N4O3. The lowest BCUT2D eigenvalue weighted by Crippen LogP contribution is -2.33. The van der Waals surface area contributed by atoms with Crippen molar-refractivity contribution in [2.24, 2.45) is 0 Å². The maximum Gasteiger partial charge on any atom is 0.222 e. The van der Waals surface area contributed by atoms with Crippen LogP contribution in [0.25, 0.3) is 0 Å². The van der Waals surface area contributed by atoms with E-state index in [9.17, 15) is 14.4 Å². The first kappa shape index (κ1) is 44.9. The predicted molar refractivity (Wildman–Crippen MR) is 202 cm³/mol. The third-order valence-corrected chi connectivity index (χ3v) is 8.63. The second-order valence-corrected chi connectivity index (χ2v) is 13.6.